The van der Waals surface area contributed by atoms with Gasteiger partial charge in [0.05, 0.1) is 16.1 Å². The van der Waals surface area contributed by atoms with E-state index >= 15 is 0 Å². The van der Waals surface area contributed by atoms with Gasteiger partial charge in [-0.1, -0.05) is 32.0 Å². The topological polar surface area (TPSA) is 122 Å². The van der Waals surface area contributed by atoms with Crippen LogP contribution in [0, 0.1) is 5.92 Å². The second-order valence-corrected chi connectivity index (χ2v) is 10.3. The number of urea groups is 1. The number of hydrogen-bond acceptors (Lipinski definition) is 6. The zero-order valence-corrected chi connectivity index (χ0v) is 20.1. The van der Waals surface area contributed by atoms with Crippen molar-refractivity contribution in [1.29, 1.82) is 0 Å². The highest BCUT2D eigenvalue weighted by Gasteiger charge is 2.29. The number of fused-ring (bicyclic) bond motifs is 1. The van der Waals surface area contributed by atoms with Crippen LogP contribution in [-0.2, 0) is 26.0 Å². The zero-order chi connectivity index (χ0) is 24.7. The molecule has 0 aromatic heterocycles. The molecule has 1 aliphatic rings. The molecular formula is C24H29N3O6S. The van der Waals surface area contributed by atoms with Crippen LogP contribution in [-0.4, -0.2) is 46.0 Å². The lowest BCUT2D eigenvalue weighted by atomic mass is 10.0. The number of nitrogens with one attached hydrogen (secondary N) is 2. The Hall–Kier alpha value is -3.40. The Balaban J connectivity index is 1.56. The standard InChI is InChI=1S/C24H29N3O6S/c1-17(2)13-14-25-24(30)26-22(28)16-33-23(29)19-9-11-20(12-10-19)34(31,32)27-15-5-7-18-6-3-4-8-21(18)27/h3-4,6,8-12,17H,5,7,13-16H2,1-2H3,(H2,25,26,28,30). The molecule has 0 unspecified atom stereocenters. The molecule has 1 heterocycles. The largest absolute Gasteiger partial charge is 0.452 e. The van der Waals surface area contributed by atoms with E-state index in [-0.39, 0.29) is 10.5 Å². The molecule has 2 aromatic rings. The highest BCUT2D eigenvalue weighted by molar-refractivity contribution is 7.92. The first-order chi connectivity index (χ1) is 16.2. The molecule has 0 atom stereocenters. The summed E-state index contributed by atoms with van der Waals surface area (Å²) in [7, 11) is -3.80. The molecule has 0 bridgehead atoms. The van der Waals surface area contributed by atoms with E-state index in [1.165, 1.54) is 28.6 Å². The summed E-state index contributed by atoms with van der Waals surface area (Å²) in [6.45, 7) is 4.19. The van der Waals surface area contributed by atoms with E-state index < -0.39 is 34.5 Å². The Labute approximate surface area is 199 Å². The quantitative estimate of drug-likeness (QED) is 0.552. The number of esters is 1. The maximum Gasteiger partial charge on any atom is 0.338 e. The number of sulfonamides is 1. The maximum absolute atomic E-state index is 13.2. The van der Waals surface area contributed by atoms with Crippen LogP contribution in [0.1, 0.15) is 42.6 Å². The molecule has 34 heavy (non-hydrogen) atoms. The van der Waals surface area contributed by atoms with Crippen LogP contribution in [0.25, 0.3) is 0 Å². The summed E-state index contributed by atoms with van der Waals surface area (Å²) < 4.78 is 32.7. The van der Waals surface area contributed by atoms with Crippen molar-refractivity contribution >= 4 is 33.6 Å². The first-order valence-electron chi connectivity index (χ1n) is 11.1. The van der Waals surface area contributed by atoms with E-state index in [0.717, 1.165) is 24.8 Å². The molecule has 182 valence electrons. The van der Waals surface area contributed by atoms with Gasteiger partial charge in [0.15, 0.2) is 6.61 Å². The zero-order valence-electron chi connectivity index (χ0n) is 19.2. The van der Waals surface area contributed by atoms with Crippen molar-refractivity contribution in [2.24, 2.45) is 5.92 Å². The third kappa shape index (κ3) is 6.34. The number of carbonyl (C=O) groups is 3. The van der Waals surface area contributed by atoms with Crippen molar-refractivity contribution < 1.29 is 27.5 Å². The van der Waals surface area contributed by atoms with Gasteiger partial charge in [-0.3, -0.25) is 14.4 Å². The van der Waals surface area contributed by atoms with Crippen LogP contribution >= 0.6 is 0 Å². The van der Waals surface area contributed by atoms with Crippen molar-refractivity contribution in [2.75, 3.05) is 24.0 Å². The fourth-order valence-corrected chi connectivity index (χ4v) is 5.08. The number of nitrogens with zero attached hydrogens (tertiary/aromatic N) is 1. The molecule has 0 radical (unpaired) electrons. The number of benzene rings is 2. The molecule has 3 rings (SSSR count). The molecule has 1 aliphatic heterocycles. The van der Waals surface area contributed by atoms with E-state index in [1.54, 1.807) is 12.1 Å². The van der Waals surface area contributed by atoms with Crippen molar-refractivity contribution in [3.63, 3.8) is 0 Å². The van der Waals surface area contributed by atoms with Gasteiger partial charge in [-0.25, -0.2) is 18.0 Å². The van der Waals surface area contributed by atoms with Gasteiger partial charge in [-0.05, 0) is 61.1 Å². The van der Waals surface area contributed by atoms with Crippen LogP contribution in [0.5, 0.6) is 0 Å². The number of amides is 3. The van der Waals surface area contributed by atoms with E-state index in [0.29, 0.717) is 24.7 Å². The predicted octanol–water partition coefficient (Wildman–Crippen LogP) is 2.86. The van der Waals surface area contributed by atoms with Crippen molar-refractivity contribution in [3.8, 4) is 0 Å². The van der Waals surface area contributed by atoms with Gasteiger partial charge in [0.1, 0.15) is 0 Å². The van der Waals surface area contributed by atoms with Crippen molar-refractivity contribution in [3.05, 3.63) is 59.7 Å². The molecule has 3 amide bonds. The van der Waals surface area contributed by atoms with Gasteiger partial charge in [-0.15, -0.1) is 0 Å². The van der Waals surface area contributed by atoms with Gasteiger partial charge in [-0.2, -0.15) is 0 Å². The summed E-state index contributed by atoms with van der Waals surface area (Å²) >= 11 is 0. The Kier molecular flexibility index (Phi) is 8.27. The van der Waals surface area contributed by atoms with Crippen LogP contribution < -0.4 is 14.9 Å². The Bertz CT molecular complexity index is 1150. The molecule has 2 aromatic carbocycles. The first-order valence-corrected chi connectivity index (χ1v) is 12.6. The normalized spacial score (nSPS) is 13.2. The molecule has 0 saturated carbocycles. The third-order valence-electron chi connectivity index (χ3n) is 5.34. The minimum atomic E-state index is -3.80. The third-order valence-corrected chi connectivity index (χ3v) is 7.17. The van der Waals surface area contributed by atoms with Crippen LogP contribution in [0.2, 0.25) is 0 Å². The molecule has 0 saturated heterocycles. The van der Waals surface area contributed by atoms with Gasteiger partial charge in [0.2, 0.25) is 0 Å². The molecule has 2 N–H and O–H groups in total. The number of aryl methyl sites for hydroxylation is 1. The maximum atomic E-state index is 13.2. The average molecular weight is 488 g/mol. The average Bonchev–Trinajstić information content (AvgIpc) is 2.82. The number of imide groups is 1. The monoisotopic (exact) mass is 487 g/mol. The lowest BCUT2D eigenvalue weighted by molar-refractivity contribution is -0.123. The number of ether oxygens (including phenoxy) is 1. The van der Waals surface area contributed by atoms with Gasteiger partial charge in [0, 0.05) is 13.1 Å². The van der Waals surface area contributed by atoms with Crippen molar-refractivity contribution in [1.82, 2.24) is 10.6 Å². The van der Waals surface area contributed by atoms with Crippen LogP contribution in [0.15, 0.2) is 53.4 Å². The number of carbonyl (C=O) groups excluding carboxylic acids is 3. The lowest BCUT2D eigenvalue weighted by Gasteiger charge is -2.30. The number of para-hydroxylation sites is 1. The lowest BCUT2D eigenvalue weighted by Crippen LogP contribution is -2.42. The molecule has 0 fully saturated rings. The smallest absolute Gasteiger partial charge is 0.338 e. The fourth-order valence-electron chi connectivity index (χ4n) is 3.53. The molecule has 0 aliphatic carbocycles. The number of rotatable bonds is 8. The SMILES string of the molecule is CC(C)CCNC(=O)NC(=O)COC(=O)c1ccc(S(=O)(=O)N2CCCc3ccccc32)cc1. The minimum Gasteiger partial charge on any atom is -0.452 e. The minimum absolute atomic E-state index is 0.0524. The Morgan fingerprint density at radius 3 is 2.47 bits per heavy atom. The van der Waals surface area contributed by atoms with E-state index in [1.807, 2.05) is 26.0 Å². The first kappa shape index (κ1) is 25.2. The molecule has 10 heteroatoms. The Morgan fingerprint density at radius 1 is 1.06 bits per heavy atom. The summed E-state index contributed by atoms with van der Waals surface area (Å²) in [6.07, 6.45) is 2.31. The predicted molar refractivity (Wildman–Crippen MR) is 127 cm³/mol. The van der Waals surface area contributed by atoms with E-state index in [2.05, 4.69) is 10.6 Å². The summed E-state index contributed by atoms with van der Waals surface area (Å²) in [5.74, 6) is -1.16. The second-order valence-electron chi connectivity index (χ2n) is 8.40. The van der Waals surface area contributed by atoms with Gasteiger partial charge in [0.25, 0.3) is 15.9 Å². The second kappa shape index (κ2) is 11.1. The highest BCUT2D eigenvalue weighted by atomic mass is 32.2. The Morgan fingerprint density at radius 2 is 1.76 bits per heavy atom. The van der Waals surface area contributed by atoms with Gasteiger partial charge < -0.3 is 10.1 Å². The van der Waals surface area contributed by atoms with E-state index in [4.69, 9.17) is 4.74 Å². The summed E-state index contributed by atoms with van der Waals surface area (Å²) in [6, 6.07) is 12.1. The number of anilines is 1. The molecule has 0 spiro atoms. The fraction of sp³-hybridized carbons (Fsp3) is 0.375. The molecular weight excluding hydrogens is 458 g/mol. The van der Waals surface area contributed by atoms with Crippen molar-refractivity contribution in [2.45, 2.75) is 38.0 Å². The van der Waals surface area contributed by atoms with Gasteiger partial charge >= 0.3 is 12.0 Å². The number of hydrogen-bond donors (Lipinski definition) is 2. The summed E-state index contributed by atoms with van der Waals surface area (Å²) in [5, 5.41) is 4.63. The molecule has 9 nitrogen and oxygen atoms in total. The summed E-state index contributed by atoms with van der Waals surface area (Å²) in [4.78, 5) is 35.8. The van der Waals surface area contributed by atoms with E-state index in [9.17, 15) is 22.8 Å². The highest BCUT2D eigenvalue weighted by Crippen LogP contribution is 2.31. The van der Waals surface area contributed by atoms with Crippen LogP contribution in [0.4, 0.5) is 10.5 Å². The summed E-state index contributed by atoms with van der Waals surface area (Å²) in [5.41, 5.74) is 1.73. The van der Waals surface area contributed by atoms with Crippen LogP contribution in [0.3, 0.4) is 0 Å².